The number of nitrogens with one attached hydrogen (secondary N) is 1. The summed E-state index contributed by atoms with van der Waals surface area (Å²) in [6.45, 7) is 4.94. The van der Waals surface area contributed by atoms with E-state index in [2.05, 4.69) is 40.9 Å². The highest BCUT2D eigenvalue weighted by Gasteiger charge is 2.09. The molecule has 2 heterocycles. The zero-order valence-electron chi connectivity index (χ0n) is 12.5. The van der Waals surface area contributed by atoms with Crippen LogP contribution in [0.4, 0.5) is 0 Å². The highest BCUT2D eigenvalue weighted by atomic mass is 35.5. The second-order valence-electron chi connectivity index (χ2n) is 5.20. The van der Waals surface area contributed by atoms with Crippen molar-refractivity contribution >= 4 is 22.9 Å². The van der Waals surface area contributed by atoms with E-state index in [4.69, 9.17) is 11.6 Å². The highest BCUT2D eigenvalue weighted by molar-refractivity contribution is 7.10. The van der Waals surface area contributed by atoms with Crippen LogP contribution in [-0.2, 0) is 6.54 Å². The van der Waals surface area contributed by atoms with Crippen LogP contribution in [-0.4, -0.2) is 15.0 Å². The summed E-state index contributed by atoms with van der Waals surface area (Å²) in [5.74, 6) is 0. The number of halogens is 1. The van der Waals surface area contributed by atoms with Crippen LogP contribution in [0.25, 0.3) is 5.69 Å². The molecule has 22 heavy (non-hydrogen) atoms. The Balaban J connectivity index is 1.66. The Labute approximate surface area is 138 Å². The third-order valence-corrected chi connectivity index (χ3v) is 4.68. The quantitative estimate of drug-likeness (QED) is 0.763. The molecule has 3 aromatic rings. The van der Waals surface area contributed by atoms with Crippen molar-refractivity contribution in [3.63, 3.8) is 0 Å². The first-order valence-corrected chi connectivity index (χ1v) is 8.34. The van der Waals surface area contributed by atoms with Crippen LogP contribution in [0.5, 0.6) is 0 Å². The molecular weight excluding hydrogens is 316 g/mol. The molecule has 0 aliphatic rings. The van der Waals surface area contributed by atoms with E-state index in [1.54, 1.807) is 16.0 Å². The van der Waals surface area contributed by atoms with Crippen LogP contribution in [0.15, 0.2) is 41.9 Å². The minimum Gasteiger partial charge on any atom is -0.304 e. The SMILES string of the molecule is Cc1cc(C(C)NCc2cn(-c3ccccc3Cl)nn2)cs1. The van der Waals surface area contributed by atoms with Gasteiger partial charge in [-0.3, -0.25) is 0 Å². The molecule has 0 aliphatic carbocycles. The average Bonchev–Trinajstić information content (AvgIpc) is 3.14. The van der Waals surface area contributed by atoms with E-state index in [0.29, 0.717) is 11.6 Å². The summed E-state index contributed by atoms with van der Waals surface area (Å²) in [6.07, 6.45) is 1.90. The molecular formula is C16H17ClN4S. The molecule has 0 radical (unpaired) electrons. The van der Waals surface area contributed by atoms with Crippen molar-refractivity contribution < 1.29 is 0 Å². The zero-order valence-corrected chi connectivity index (χ0v) is 14.0. The Morgan fingerprint density at radius 2 is 2.18 bits per heavy atom. The van der Waals surface area contributed by atoms with E-state index in [-0.39, 0.29) is 6.04 Å². The van der Waals surface area contributed by atoms with Crippen LogP contribution < -0.4 is 5.32 Å². The molecule has 0 saturated heterocycles. The van der Waals surface area contributed by atoms with Crippen LogP contribution in [0.2, 0.25) is 5.02 Å². The number of hydrogen-bond donors (Lipinski definition) is 1. The minimum absolute atomic E-state index is 0.287. The smallest absolute Gasteiger partial charge is 0.0969 e. The van der Waals surface area contributed by atoms with Crippen molar-refractivity contribution in [1.29, 1.82) is 0 Å². The fourth-order valence-electron chi connectivity index (χ4n) is 2.20. The highest BCUT2D eigenvalue weighted by Crippen LogP contribution is 2.21. The van der Waals surface area contributed by atoms with Crippen molar-refractivity contribution in [2.24, 2.45) is 0 Å². The first-order valence-electron chi connectivity index (χ1n) is 7.08. The molecule has 6 heteroatoms. The summed E-state index contributed by atoms with van der Waals surface area (Å²) >= 11 is 7.95. The van der Waals surface area contributed by atoms with Gasteiger partial charge in [0.2, 0.25) is 0 Å². The standard InChI is InChI=1S/C16H17ClN4S/c1-11-7-13(10-22-11)12(2)18-8-14-9-21(20-19-14)16-6-4-3-5-15(16)17/h3-7,9-10,12,18H,8H2,1-2H3. The Hall–Kier alpha value is -1.69. The summed E-state index contributed by atoms with van der Waals surface area (Å²) in [6, 6.07) is 10.1. The van der Waals surface area contributed by atoms with Gasteiger partial charge in [-0.05, 0) is 43.0 Å². The number of benzene rings is 1. The van der Waals surface area contributed by atoms with E-state index < -0.39 is 0 Å². The van der Waals surface area contributed by atoms with Gasteiger partial charge in [-0.2, -0.15) is 0 Å². The predicted molar refractivity (Wildman–Crippen MR) is 90.7 cm³/mol. The molecule has 114 valence electrons. The number of para-hydroxylation sites is 1. The van der Waals surface area contributed by atoms with Gasteiger partial charge in [0.25, 0.3) is 0 Å². The Morgan fingerprint density at radius 1 is 1.36 bits per heavy atom. The lowest BCUT2D eigenvalue weighted by Gasteiger charge is -2.10. The van der Waals surface area contributed by atoms with E-state index in [1.165, 1.54) is 10.4 Å². The first-order chi connectivity index (χ1) is 10.6. The van der Waals surface area contributed by atoms with E-state index in [1.807, 2.05) is 30.5 Å². The van der Waals surface area contributed by atoms with Gasteiger partial charge < -0.3 is 5.32 Å². The number of hydrogen-bond acceptors (Lipinski definition) is 4. The largest absolute Gasteiger partial charge is 0.304 e. The van der Waals surface area contributed by atoms with Gasteiger partial charge in [0.05, 0.1) is 22.6 Å². The van der Waals surface area contributed by atoms with Gasteiger partial charge >= 0.3 is 0 Å². The molecule has 2 aromatic heterocycles. The second kappa shape index (κ2) is 6.60. The van der Waals surface area contributed by atoms with Crippen molar-refractivity contribution in [2.45, 2.75) is 26.4 Å². The molecule has 1 aromatic carbocycles. The van der Waals surface area contributed by atoms with E-state index in [0.717, 1.165) is 11.4 Å². The van der Waals surface area contributed by atoms with Gasteiger partial charge in [-0.25, -0.2) is 4.68 Å². The lowest BCUT2D eigenvalue weighted by molar-refractivity contribution is 0.568. The summed E-state index contributed by atoms with van der Waals surface area (Å²) in [7, 11) is 0. The summed E-state index contributed by atoms with van der Waals surface area (Å²) in [5, 5.41) is 14.7. The third-order valence-electron chi connectivity index (χ3n) is 3.48. The molecule has 3 rings (SSSR count). The fourth-order valence-corrected chi connectivity index (χ4v) is 3.22. The average molecular weight is 333 g/mol. The van der Waals surface area contributed by atoms with Crippen LogP contribution in [0.3, 0.4) is 0 Å². The van der Waals surface area contributed by atoms with Crippen molar-refractivity contribution in [3.8, 4) is 5.69 Å². The Bertz CT molecular complexity index is 765. The maximum Gasteiger partial charge on any atom is 0.0969 e. The van der Waals surface area contributed by atoms with Crippen LogP contribution >= 0.6 is 22.9 Å². The van der Waals surface area contributed by atoms with Gasteiger partial charge in [0.15, 0.2) is 0 Å². The van der Waals surface area contributed by atoms with Gasteiger partial charge in [-0.1, -0.05) is 28.9 Å². The van der Waals surface area contributed by atoms with E-state index >= 15 is 0 Å². The molecule has 1 N–H and O–H groups in total. The van der Waals surface area contributed by atoms with Crippen molar-refractivity contribution in [3.05, 3.63) is 63.1 Å². The van der Waals surface area contributed by atoms with Crippen molar-refractivity contribution in [2.75, 3.05) is 0 Å². The number of thiophene rings is 1. The number of aryl methyl sites for hydroxylation is 1. The summed E-state index contributed by atoms with van der Waals surface area (Å²) in [5.41, 5.74) is 3.03. The van der Waals surface area contributed by atoms with Crippen LogP contribution in [0, 0.1) is 6.92 Å². The van der Waals surface area contributed by atoms with E-state index in [9.17, 15) is 0 Å². The zero-order chi connectivity index (χ0) is 15.5. The maximum atomic E-state index is 6.17. The summed E-state index contributed by atoms with van der Waals surface area (Å²) < 4.78 is 1.71. The third kappa shape index (κ3) is 3.38. The van der Waals surface area contributed by atoms with Crippen molar-refractivity contribution in [1.82, 2.24) is 20.3 Å². The fraction of sp³-hybridized carbons (Fsp3) is 0.250. The molecule has 0 aliphatic heterocycles. The molecule has 0 saturated carbocycles. The molecule has 0 fully saturated rings. The number of aromatic nitrogens is 3. The van der Waals surface area contributed by atoms with Gasteiger partial charge in [0.1, 0.15) is 0 Å². The molecule has 1 atom stereocenters. The molecule has 4 nitrogen and oxygen atoms in total. The topological polar surface area (TPSA) is 42.7 Å². The normalized spacial score (nSPS) is 12.5. The lowest BCUT2D eigenvalue weighted by atomic mass is 10.1. The predicted octanol–water partition coefficient (Wildman–Crippen LogP) is 4.14. The van der Waals surface area contributed by atoms with Crippen LogP contribution in [0.1, 0.15) is 29.1 Å². The summed E-state index contributed by atoms with van der Waals surface area (Å²) in [4.78, 5) is 1.33. The van der Waals surface area contributed by atoms with Gasteiger partial charge in [-0.15, -0.1) is 16.4 Å². The first kappa shape index (κ1) is 15.2. The second-order valence-corrected chi connectivity index (χ2v) is 6.72. The molecule has 0 bridgehead atoms. The molecule has 0 spiro atoms. The monoisotopic (exact) mass is 332 g/mol. The molecule has 1 unspecified atom stereocenters. The minimum atomic E-state index is 0.287. The maximum absolute atomic E-state index is 6.17. The Kier molecular flexibility index (Phi) is 4.57. The molecule has 0 amide bonds. The lowest BCUT2D eigenvalue weighted by Crippen LogP contribution is -2.17. The number of nitrogens with zero attached hydrogens (tertiary/aromatic N) is 3. The number of rotatable bonds is 5. The Morgan fingerprint density at radius 3 is 2.91 bits per heavy atom. The van der Waals surface area contributed by atoms with Gasteiger partial charge in [0, 0.05) is 17.5 Å².